The second kappa shape index (κ2) is 9.19. The van der Waals surface area contributed by atoms with Crippen molar-refractivity contribution in [2.75, 3.05) is 43.4 Å². The van der Waals surface area contributed by atoms with Crippen molar-refractivity contribution in [3.63, 3.8) is 0 Å². The van der Waals surface area contributed by atoms with Gasteiger partial charge >= 0.3 is 0 Å². The molecule has 1 amide bonds. The van der Waals surface area contributed by atoms with Crippen LogP contribution in [0.15, 0.2) is 0 Å². The summed E-state index contributed by atoms with van der Waals surface area (Å²) in [5.41, 5.74) is 0. The minimum atomic E-state index is -3.22. The van der Waals surface area contributed by atoms with E-state index in [0.717, 1.165) is 37.3 Å². The van der Waals surface area contributed by atoms with E-state index in [1.54, 1.807) is 11.8 Å². The van der Waals surface area contributed by atoms with Crippen LogP contribution in [0.4, 0.5) is 0 Å². The van der Waals surface area contributed by atoms with Crippen LogP contribution >= 0.6 is 24.2 Å². The van der Waals surface area contributed by atoms with Crippen LogP contribution in [0.2, 0.25) is 0 Å². The Labute approximate surface area is 137 Å². The number of amides is 1. The third kappa shape index (κ3) is 5.94. The third-order valence-corrected chi connectivity index (χ3v) is 6.46. The molecule has 0 aliphatic carbocycles. The second-order valence-corrected chi connectivity index (χ2v) is 8.43. The Morgan fingerprint density at radius 2 is 2.00 bits per heavy atom. The Morgan fingerprint density at radius 3 is 2.62 bits per heavy atom. The number of sulfonamides is 1. The van der Waals surface area contributed by atoms with Crippen molar-refractivity contribution >= 4 is 40.1 Å². The molecule has 0 radical (unpaired) electrons. The SMILES string of the molecule is Cl.O=C(NCCS(=O)(=O)N1CCSCC1)C1CCCCN1. The molecule has 0 aromatic rings. The number of carbonyl (C=O) groups excluding carboxylic acids is 1. The van der Waals surface area contributed by atoms with E-state index in [-0.39, 0.29) is 36.7 Å². The van der Waals surface area contributed by atoms with Crippen LogP contribution in [0.1, 0.15) is 19.3 Å². The Morgan fingerprint density at radius 1 is 1.29 bits per heavy atom. The summed E-state index contributed by atoms with van der Waals surface area (Å²) in [4.78, 5) is 11.9. The molecule has 2 aliphatic rings. The molecule has 2 N–H and O–H groups in total. The topological polar surface area (TPSA) is 78.5 Å². The molecule has 124 valence electrons. The standard InChI is InChI=1S/C12H23N3O3S2.ClH/c16-12(11-3-1-2-4-13-11)14-5-10-20(17,18)15-6-8-19-9-7-15;/h11,13H,1-10H2,(H,14,16);1H. The van der Waals surface area contributed by atoms with Gasteiger partial charge in [-0.3, -0.25) is 4.79 Å². The van der Waals surface area contributed by atoms with E-state index in [1.807, 2.05) is 0 Å². The Kier molecular flexibility index (Phi) is 8.33. The van der Waals surface area contributed by atoms with Crippen molar-refractivity contribution in [3.8, 4) is 0 Å². The number of hydrogen-bond donors (Lipinski definition) is 2. The number of hydrogen-bond acceptors (Lipinski definition) is 5. The van der Waals surface area contributed by atoms with Crippen LogP contribution in [0.25, 0.3) is 0 Å². The van der Waals surface area contributed by atoms with E-state index in [4.69, 9.17) is 0 Å². The van der Waals surface area contributed by atoms with Gasteiger partial charge in [-0.05, 0) is 19.4 Å². The van der Waals surface area contributed by atoms with E-state index in [2.05, 4.69) is 10.6 Å². The monoisotopic (exact) mass is 357 g/mol. The summed E-state index contributed by atoms with van der Waals surface area (Å²) in [6.45, 7) is 2.24. The van der Waals surface area contributed by atoms with Gasteiger partial charge in [-0.2, -0.15) is 11.8 Å². The highest BCUT2D eigenvalue weighted by atomic mass is 35.5. The van der Waals surface area contributed by atoms with Gasteiger partial charge in [0.2, 0.25) is 15.9 Å². The van der Waals surface area contributed by atoms with Crippen LogP contribution in [0.5, 0.6) is 0 Å². The summed E-state index contributed by atoms with van der Waals surface area (Å²) in [5, 5.41) is 5.89. The maximum atomic E-state index is 12.1. The lowest BCUT2D eigenvalue weighted by Gasteiger charge is -2.26. The largest absolute Gasteiger partial charge is 0.354 e. The molecule has 6 nitrogen and oxygen atoms in total. The molecule has 2 fully saturated rings. The van der Waals surface area contributed by atoms with Crippen molar-refractivity contribution in [1.29, 1.82) is 0 Å². The number of halogens is 1. The van der Waals surface area contributed by atoms with E-state index in [1.165, 1.54) is 4.31 Å². The molecule has 0 aromatic heterocycles. The maximum Gasteiger partial charge on any atom is 0.237 e. The van der Waals surface area contributed by atoms with Gasteiger partial charge in [-0.1, -0.05) is 6.42 Å². The zero-order valence-electron chi connectivity index (χ0n) is 12.0. The van der Waals surface area contributed by atoms with Gasteiger partial charge in [0.1, 0.15) is 0 Å². The van der Waals surface area contributed by atoms with Crippen molar-refractivity contribution in [3.05, 3.63) is 0 Å². The number of nitrogens with one attached hydrogen (secondary N) is 2. The first-order valence-corrected chi connectivity index (χ1v) is 9.93. The molecule has 0 aromatic carbocycles. The highest BCUT2D eigenvalue weighted by Crippen LogP contribution is 2.13. The Balaban J connectivity index is 0.00000220. The molecular formula is C12H24ClN3O3S2. The van der Waals surface area contributed by atoms with Crippen LogP contribution in [0, 0.1) is 0 Å². The third-order valence-electron chi connectivity index (χ3n) is 3.65. The van der Waals surface area contributed by atoms with Gasteiger partial charge in [0.15, 0.2) is 0 Å². The quantitative estimate of drug-likeness (QED) is 0.726. The van der Waals surface area contributed by atoms with E-state index < -0.39 is 10.0 Å². The van der Waals surface area contributed by atoms with Gasteiger partial charge in [-0.25, -0.2) is 12.7 Å². The number of nitrogens with zero attached hydrogens (tertiary/aromatic N) is 1. The lowest BCUT2D eigenvalue weighted by molar-refractivity contribution is -0.123. The Bertz CT molecular complexity index is 421. The number of piperidine rings is 1. The smallest absolute Gasteiger partial charge is 0.237 e. The maximum absolute atomic E-state index is 12.1. The molecule has 2 rings (SSSR count). The molecule has 0 spiro atoms. The molecule has 9 heteroatoms. The predicted octanol–water partition coefficient (Wildman–Crippen LogP) is 0.0451. The Hall–Kier alpha value is -0.0200. The van der Waals surface area contributed by atoms with Crippen molar-refractivity contribution in [2.24, 2.45) is 0 Å². The average Bonchev–Trinajstić information content (AvgIpc) is 2.49. The van der Waals surface area contributed by atoms with Crippen LogP contribution in [-0.2, 0) is 14.8 Å². The fourth-order valence-electron chi connectivity index (χ4n) is 2.46. The van der Waals surface area contributed by atoms with Gasteiger partial charge in [0.25, 0.3) is 0 Å². The predicted molar refractivity (Wildman–Crippen MR) is 88.6 cm³/mol. The molecule has 1 unspecified atom stereocenters. The van der Waals surface area contributed by atoms with E-state index >= 15 is 0 Å². The second-order valence-electron chi connectivity index (χ2n) is 5.12. The van der Waals surface area contributed by atoms with Crippen molar-refractivity contribution in [1.82, 2.24) is 14.9 Å². The average molecular weight is 358 g/mol. The van der Waals surface area contributed by atoms with Gasteiger partial charge in [-0.15, -0.1) is 12.4 Å². The summed E-state index contributed by atoms with van der Waals surface area (Å²) in [5.74, 6) is 1.64. The molecular weight excluding hydrogens is 334 g/mol. The van der Waals surface area contributed by atoms with E-state index in [9.17, 15) is 13.2 Å². The van der Waals surface area contributed by atoms with Gasteiger partial charge < -0.3 is 10.6 Å². The highest BCUT2D eigenvalue weighted by Gasteiger charge is 2.25. The molecule has 21 heavy (non-hydrogen) atoms. The first-order chi connectivity index (χ1) is 9.59. The zero-order valence-corrected chi connectivity index (χ0v) is 14.5. The zero-order chi connectivity index (χ0) is 14.4. The molecule has 1 atom stereocenters. The minimum Gasteiger partial charge on any atom is -0.354 e. The van der Waals surface area contributed by atoms with Crippen molar-refractivity contribution in [2.45, 2.75) is 25.3 Å². The first-order valence-electron chi connectivity index (χ1n) is 7.16. The van der Waals surface area contributed by atoms with Crippen LogP contribution < -0.4 is 10.6 Å². The fraction of sp³-hybridized carbons (Fsp3) is 0.917. The van der Waals surface area contributed by atoms with Gasteiger partial charge in [0.05, 0.1) is 11.8 Å². The van der Waals surface area contributed by atoms with Gasteiger partial charge in [0, 0.05) is 31.1 Å². The summed E-state index contributed by atoms with van der Waals surface area (Å²) in [6.07, 6.45) is 2.99. The van der Waals surface area contributed by atoms with Crippen LogP contribution in [0.3, 0.4) is 0 Å². The minimum absolute atomic E-state index is 0. The van der Waals surface area contributed by atoms with E-state index in [0.29, 0.717) is 13.1 Å². The summed E-state index contributed by atoms with van der Waals surface area (Å²) >= 11 is 1.78. The lowest BCUT2D eigenvalue weighted by atomic mass is 10.0. The summed E-state index contributed by atoms with van der Waals surface area (Å²) < 4.78 is 25.7. The first kappa shape index (κ1) is 19.0. The molecule has 0 bridgehead atoms. The normalized spacial score (nSPS) is 24.1. The molecule has 2 saturated heterocycles. The fourth-order valence-corrected chi connectivity index (χ4v) is 4.95. The molecule has 0 saturated carbocycles. The number of rotatable bonds is 5. The van der Waals surface area contributed by atoms with Crippen LogP contribution in [-0.4, -0.2) is 68.1 Å². The molecule has 2 aliphatic heterocycles. The lowest BCUT2D eigenvalue weighted by Crippen LogP contribution is -2.48. The molecule has 2 heterocycles. The number of thioether (sulfide) groups is 1. The summed E-state index contributed by atoms with van der Waals surface area (Å²) in [6, 6.07) is -0.155. The number of carbonyl (C=O) groups is 1. The summed E-state index contributed by atoms with van der Waals surface area (Å²) in [7, 11) is -3.22. The van der Waals surface area contributed by atoms with Crippen molar-refractivity contribution < 1.29 is 13.2 Å². The highest BCUT2D eigenvalue weighted by molar-refractivity contribution is 7.99.